The fourth-order valence-electron chi connectivity index (χ4n) is 3.03. The molecular weight excluding hydrogens is 407 g/mol. The van der Waals surface area contributed by atoms with Crippen LogP contribution in [0.5, 0.6) is 0 Å². The van der Waals surface area contributed by atoms with Crippen molar-refractivity contribution in [2.24, 2.45) is 0 Å². The normalized spacial score (nSPS) is 11.0. The van der Waals surface area contributed by atoms with E-state index in [1.54, 1.807) is 0 Å². The van der Waals surface area contributed by atoms with E-state index in [1.165, 1.54) is 6.92 Å². The Morgan fingerprint density at radius 1 is 0.536 bits per heavy atom. The molecule has 0 aliphatic heterocycles. The quantitative estimate of drug-likeness (QED) is 0.452. The van der Waals surface area contributed by atoms with Crippen molar-refractivity contribution in [3.63, 3.8) is 0 Å². The van der Waals surface area contributed by atoms with E-state index >= 15 is 0 Å². The first-order valence-corrected chi connectivity index (χ1v) is 9.58. The largest absolute Gasteiger partial charge is 0.411 e. The Hall–Kier alpha value is -2.37. The Kier molecular flexibility index (Phi) is 5.51. The number of hydrogen-bond donors (Lipinski definition) is 0. The zero-order valence-corrected chi connectivity index (χ0v) is 15.2. The summed E-state index contributed by atoms with van der Waals surface area (Å²) in [4.78, 5) is 0. The molecule has 0 nitrogen and oxygen atoms in total. The second-order valence-corrected chi connectivity index (χ2v) is 8.69. The van der Waals surface area contributed by atoms with E-state index in [1.807, 2.05) is 0 Å². The topological polar surface area (TPSA) is 0 Å². The first-order valence-electron chi connectivity index (χ1n) is 7.85. The van der Waals surface area contributed by atoms with Crippen molar-refractivity contribution in [2.45, 2.75) is 6.92 Å². The number of rotatable bonds is 3. The fraction of sp³-hybridized carbons (Fsp3) is 0.0526. The van der Waals surface area contributed by atoms with Crippen LogP contribution in [0.1, 0.15) is 5.56 Å². The van der Waals surface area contributed by atoms with Crippen LogP contribution in [0.2, 0.25) is 0 Å². The number of halogens is 8. The van der Waals surface area contributed by atoms with Crippen LogP contribution in [0.4, 0.5) is 35.1 Å². The number of aryl methyl sites for hydroxylation is 1. The van der Waals surface area contributed by atoms with E-state index in [-0.39, 0.29) is 29.8 Å². The third kappa shape index (κ3) is 3.52. The average molecular weight is 416 g/mol. The molecule has 0 heterocycles. The van der Waals surface area contributed by atoms with Gasteiger partial charge in [-0.2, -0.15) is 0 Å². The van der Waals surface area contributed by atoms with Gasteiger partial charge in [-0.15, -0.1) is 0 Å². The van der Waals surface area contributed by atoms with Crippen molar-refractivity contribution in [2.75, 3.05) is 0 Å². The molecule has 3 aromatic carbocycles. The van der Waals surface area contributed by atoms with Crippen LogP contribution in [0, 0.1) is 53.5 Å². The van der Waals surface area contributed by atoms with Crippen molar-refractivity contribution >= 4 is 27.4 Å². The lowest BCUT2D eigenvalue weighted by Crippen LogP contribution is -2.59. The minimum atomic E-state index is -4.20. The molecule has 28 heavy (non-hydrogen) atoms. The maximum atomic E-state index is 14.7. The molecule has 0 atom stereocenters. The highest BCUT2D eigenvalue weighted by Gasteiger charge is 2.40. The number of hydrogen-bond acceptors (Lipinski definition) is 0. The van der Waals surface area contributed by atoms with Crippen LogP contribution in [0.25, 0.3) is 0 Å². The van der Waals surface area contributed by atoms with Crippen molar-refractivity contribution in [1.82, 2.24) is 0 Å². The van der Waals surface area contributed by atoms with Gasteiger partial charge in [0.25, 0.3) is 0 Å². The first kappa shape index (κ1) is 20.4. The highest BCUT2D eigenvalue weighted by molar-refractivity contribution is 6.95. The number of benzene rings is 3. The zero-order valence-electron chi connectivity index (χ0n) is 14.1. The first-order chi connectivity index (χ1) is 13.1. The summed E-state index contributed by atoms with van der Waals surface area (Å²) in [6.45, 7) is 1.22. The summed E-state index contributed by atoms with van der Waals surface area (Å²) in [6.07, 6.45) is 0. The summed E-state index contributed by atoms with van der Waals surface area (Å²) < 4.78 is 111. The van der Waals surface area contributed by atoms with Crippen LogP contribution in [0.15, 0.2) is 36.4 Å². The monoisotopic (exact) mass is 416 g/mol. The predicted octanol–water partition coefficient (Wildman–Crippen LogP) is 3.62. The molecular formula is C19H9AlF8. The summed E-state index contributed by atoms with van der Waals surface area (Å²) in [6, 6.07) is 2.78. The molecule has 0 fully saturated rings. The minimum Gasteiger partial charge on any atom is -0.208 e. The molecule has 0 N–H and O–H groups in total. The molecule has 144 valence electrons. The van der Waals surface area contributed by atoms with Gasteiger partial charge in [-0.3, -0.25) is 0 Å². The maximum Gasteiger partial charge on any atom is 0.411 e. The molecule has 0 aliphatic carbocycles. The van der Waals surface area contributed by atoms with Gasteiger partial charge in [0, 0.05) is 24.3 Å². The van der Waals surface area contributed by atoms with E-state index in [9.17, 15) is 35.1 Å². The molecule has 0 spiro atoms. The Bertz CT molecular complexity index is 976. The SMILES string of the molecule is Cc1ccc(F)[c]([Al]([c]2c(F)cc(F)cc2F)[c]2c(F)cc(F)cc2F)c1F. The molecule has 0 unspecified atom stereocenters. The van der Waals surface area contributed by atoms with Gasteiger partial charge in [0.15, 0.2) is 0 Å². The highest BCUT2D eigenvalue weighted by atomic mass is 27.2. The van der Waals surface area contributed by atoms with Gasteiger partial charge in [-0.1, -0.05) is 6.07 Å². The van der Waals surface area contributed by atoms with E-state index in [0.29, 0.717) is 0 Å². The van der Waals surface area contributed by atoms with Gasteiger partial charge in [0.2, 0.25) is 0 Å². The molecule has 0 aliphatic rings. The smallest absolute Gasteiger partial charge is 0.208 e. The van der Waals surface area contributed by atoms with E-state index in [4.69, 9.17) is 0 Å². The van der Waals surface area contributed by atoms with Crippen molar-refractivity contribution in [3.8, 4) is 0 Å². The second kappa shape index (κ2) is 7.57. The Labute approximate surface area is 158 Å². The lowest BCUT2D eigenvalue weighted by Gasteiger charge is -2.19. The van der Waals surface area contributed by atoms with Crippen LogP contribution in [-0.2, 0) is 0 Å². The third-order valence-electron chi connectivity index (χ3n) is 4.27. The molecule has 3 aromatic rings. The Morgan fingerprint density at radius 3 is 1.32 bits per heavy atom. The van der Waals surface area contributed by atoms with E-state index in [2.05, 4.69) is 0 Å². The Balaban J connectivity index is 2.47. The van der Waals surface area contributed by atoms with Crippen LogP contribution in [0.3, 0.4) is 0 Å². The second-order valence-electron chi connectivity index (χ2n) is 6.09. The van der Waals surface area contributed by atoms with Gasteiger partial charge >= 0.3 is 14.1 Å². The summed E-state index contributed by atoms with van der Waals surface area (Å²) in [5.41, 5.74) is -0.139. The van der Waals surface area contributed by atoms with Crippen LogP contribution >= 0.6 is 0 Å². The van der Waals surface area contributed by atoms with Gasteiger partial charge in [-0.25, -0.2) is 35.1 Å². The average Bonchev–Trinajstić information content (AvgIpc) is 2.56. The molecule has 0 radical (unpaired) electrons. The zero-order chi connectivity index (χ0) is 20.7. The van der Waals surface area contributed by atoms with Crippen molar-refractivity contribution in [1.29, 1.82) is 0 Å². The molecule has 0 bridgehead atoms. The summed E-state index contributed by atoms with van der Waals surface area (Å²) >= 11 is -4.20. The molecule has 0 aromatic heterocycles. The lowest BCUT2D eigenvalue weighted by atomic mass is 10.2. The van der Waals surface area contributed by atoms with E-state index in [0.717, 1.165) is 12.1 Å². The molecule has 9 heteroatoms. The summed E-state index contributed by atoms with van der Waals surface area (Å²) in [5, 5.41) is 0. The van der Waals surface area contributed by atoms with Crippen LogP contribution in [-0.4, -0.2) is 14.1 Å². The van der Waals surface area contributed by atoms with E-state index < -0.39 is 74.0 Å². The Morgan fingerprint density at radius 2 is 0.929 bits per heavy atom. The third-order valence-corrected chi connectivity index (χ3v) is 7.64. The van der Waals surface area contributed by atoms with Gasteiger partial charge < -0.3 is 0 Å². The van der Waals surface area contributed by atoms with Crippen molar-refractivity contribution in [3.05, 3.63) is 88.5 Å². The fourth-order valence-corrected chi connectivity index (χ4v) is 6.19. The van der Waals surface area contributed by atoms with Gasteiger partial charge in [0.1, 0.15) is 46.5 Å². The summed E-state index contributed by atoms with van der Waals surface area (Å²) in [7, 11) is 0. The highest BCUT2D eigenvalue weighted by Crippen LogP contribution is 2.14. The van der Waals surface area contributed by atoms with Gasteiger partial charge in [0.05, 0.1) is 0 Å². The molecule has 0 amide bonds. The molecule has 0 saturated carbocycles. The molecule has 0 saturated heterocycles. The predicted molar refractivity (Wildman–Crippen MR) is 88.4 cm³/mol. The maximum absolute atomic E-state index is 14.7. The lowest BCUT2D eigenvalue weighted by molar-refractivity contribution is 0.550. The van der Waals surface area contributed by atoms with Crippen molar-refractivity contribution < 1.29 is 35.1 Å². The van der Waals surface area contributed by atoms with Gasteiger partial charge in [-0.05, 0) is 31.8 Å². The van der Waals surface area contributed by atoms with Crippen LogP contribution < -0.4 is 13.3 Å². The summed E-state index contributed by atoms with van der Waals surface area (Å²) in [5.74, 6) is -11.4. The standard InChI is InChI=1S/C7H5F2.2C6H2F3.Al/c1-5-2-3-6(8)4-7(5)9;2*7-4-1-5(8)3-6(9)2-4;/h2-3H,1H3;2*1-2H;. The minimum absolute atomic E-state index is 0.139. The molecule has 3 rings (SSSR count).